The fourth-order valence-electron chi connectivity index (χ4n) is 1.85. The smallest absolute Gasteiger partial charge is 0.323 e. The lowest BCUT2D eigenvalue weighted by Crippen LogP contribution is -2.35. The number of carbonyl (C=O) groups is 2. The average molecular weight is 317 g/mol. The van der Waals surface area contributed by atoms with Crippen LogP contribution in [0.2, 0.25) is 0 Å². The molecule has 0 amide bonds. The van der Waals surface area contributed by atoms with Gasteiger partial charge in [-0.15, -0.1) is 0 Å². The summed E-state index contributed by atoms with van der Waals surface area (Å²) in [6, 6.07) is -0.917. The van der Waals surface area contributed by atoms with E-state index in [1.807, 2.05) is 0 Å². The predicted molar refractivity (Wildman–Crippen MR) is 89.5 cm³/mol. The van der Waals surface area contributed by atoms with Crippen molar-refractivity contribution in [3.8, 4) is 0 Å². The number of unbranched alkanes of at least 4 members (excludes halogenated alkanes) is 6. The topological polar surface area (TPSA) is 78.6 Å². The largest absolute Gasteiger partial charge is 0.466 e. The number of ether oxygens (including phenoxy) is 2. The molecule has 22 heavy (non-hydrogen) atoms. The van der Waals surface area contributed by atoms with E-state index >= 15 is 0 Å². The molecule has 0 fully saturated rings. The van der Waals surface area contributed by atoms with Gasteiger partial charge in [0, 0.05) is 0 Å². The Kier molecular flexibility index (Phi) is 17.1. The molecule has 0 radical (unpaired) electrons. The number of esters is 2. The van der Waals surface area contributed by atoms with Gasteiger partial charge in [-0.1, -0.05) is 59.8 Å². The second-order valence-corrected chi connectivity index (χ2v) is 5.32. The molecule has 0 bridgehead atoms. The summed E-state index contributed by atoms with van der Waals surface area (Å²) in [6.07, 6.45) is 8.23. The standard InChI is InChI=1S/C16H31NO4.CH4/c1-3-5-7-9-11-20-15(18)13-14(17)16(19)21-12-10-8-6-4-2;/h14H,3-13,17H2,1-2H3;1H4/t14-;/m1./s1. The van der Waals surface area contributed by atoms with Crippen LogP contribution in [-0.2, 0) is 19.1 Å². The molecule has 0 aromatic rings. The Hall–Kier alpha value is -1.10. The fraction of sp³-hybridized carbons (Fsp3) is 0.882. The highest BCUT2D eigenvalue weighted by Gasteiger charge is 2.19. The van der Waals surface area contributed by atoms with E-state index in [1.165, 1.54) is 0 Å². The molecule has 0 aromatic heterocycles. The molecule has 0 aliphatic rings. The highest BCUT2D eigenvalue weighted by molar-refractivity contribution is 5.82. The number of rotatable bonds is 13. The molecule has 2 N–H and O–H groups in total. The van der Waals surface area contributed by atoms with Crippen LogP contribution in [0.4, 0.5) is 0 Å². The molecule has 1 atom stereocenters. The third-order valence-electron chi connectivity index (χ3n) is 3.19. The van der Waals surface area contributed by atoms with E-state index in [4.69, 9.17) is 15.2 Å². The zero-order chi connectivity index (χ0) is 15.9. The molecular formula is C17H35NO4. The van der Waals surface area contributed by atoms with E-state index in [2.05, 4.69) is 13.8 Å². The van der Waals surface area contributed by atoms with Crippen molar-refractivity contribution in [2.75, 3.05) is 13.2 Å². The maximum absolute atomic E-state index is 11.6. The Balaban J connectivity index is 0. The lowest BCUT2D eigenvalue weighted by molar-refractivity contribution is -0.152. The van der Waals surface area contributed by atoms with Gasteiger partial charge in [-0.25, -0.2) is 0 Å². The maximum Gasteiger partial charge on any atom is 0.323 e. The lowest BCUT2D eigenvalue weighted by atomic mass is 10.2. The Morgan fingerprint density at radius 2 is 1.36 bits per heavy atom. The van der Waals surface area contributed by atoms with E-state index in [0.29, 0.717) is 13.2 Å². The summed E-state index contributed by atoms with van der Waals surface area (Å²) < 4.78 is 10.1. The third kappa shape index (κ3) is 13.9. The number of nitrogens with two attached hydrogens (primary N) is 1. The Labute approximate surface area is 135 Å². The summed E-state index contributed by atoms with van der Waals surface area (Å²) in [4.78, 5) is 23.1. The van der Waals surface area contributed by atoms with Gasteiger partial charge in [0.1, 0.15) is 6.04 Å². The van der Waals surface area contributed by atoms with Crippen LogP contribution in [0.3, 0.4) is 0 Å². The Morgan fingerprint density at radius 1 is 0.864 bits per heavy atom. The van der Waals surface area contributed by atoms with Crippen molar-refractivity contribution in [2.24, 2.45) is 5.73 Å². The third-order valence-corrected chi connectivity index (χ3v) is 3.19. The van der Waals surface area contributed by atoms with Crippen LogP contribution in [0.25, 0.3) is 0 Å². The van der Waals surface area contributed by atoms with Crippen LogP contribution in [0, 0.1) is 0 Å². The molecular weight excluding hydrogens is 282 g/mol. The van der Waals surface area contributed by atoms with E-state index in [0.717, 1.165) is 51.4 Å². The first-order valence-electron chi connectivity index (χ1n) is 8.19. The van der Waals surface area contributed by atoms with Gasteiger partial charge < -0.3 is 15.2 Å². The molecule has 132 valence electrons. The minimum absolute atomic E-state index is 0. The van der Waals surface area contributed by atoms with Crippen molar-refractivity contribution >= 4 is 11.9 Å². The SMILES string of the molecule is C.CCCCCCOC(=O)C[C@@H](N)C(=O)OCCCCCC. The lowest BCUT2D eigenvalue weighted by Gasteiger charge is -2.11. The number of carbonyl (C=O) groups excluding carboxylic acids is 2. The summed E-state index contributed by atoms with van der Waals surface area (Å²) >= 11 is 0. The molecule has 0 aliphatic heterocycles. The van der Waals surface area contributed by atoms with Gasteiger partial charge in [0.15, 0.2) is 0 Å². The van der Waals surface area contributed by atoms with Crippen molar-refractivity contribution in [3.05, 3.63) is 0 Å². The van der Waals surface area contributed by atoms with Gasteiger partial charge in [-0.2, -0.15) is 0 Å². The predicted octanol–water partition coefficient (Wildman–Crippen LogP) is 3.59. The van der Waals surface area contributed by atoms with Crippen molar-refractivity contribution in [3.63, 3.8) is 0 Å². The highest BCUT2D eigenvalue weighted by atomic mass is 16.5. The zero-order valence-corrected chi connectivity index (χ0v) is 13.6. The minimum Gasteiger partial charge on any atom is -0.466 e. The van der Waals surface area contributed by atoms with Gasteiger partial charge in [0.05, 0.1) is 19.6 Å². The van der Waals surface area contributed by atoms with Gasteiger partial charge >= 0.3 is 11.9 Å². The first kappa shape index (κ1) is 23.2. The molecule has 0 aromatic carbocycles. The van der Waals surface area contributed by atoms with Crippen LogP contribution >= 0.6 is 0 Å². The normalized spacial score (nSPS) is 11.4. The molecule has 5 nitrogen and oxygen atoms in total. The summed E-state index contributed by atoms with van der Waals surface area (Å²) in [5.41, 5.74) is 5.64. The number of hydrogen-bond acceptors (Lipinski definition) is 5. The van der Waals surface area contributed by atoms with Crippen molar-refractivity contribution in [1.29, 1.82) is 0 Å². The summed E-state index contributed by atoms with van der Waals surface area (Å²) in [5.74, 6) is -0.948. The van der Waals surface area contributed by atoms with Gasteiger partial charge in [-0.3, -0.25) is 9.59 Å². The first-order chi connectivity index (χ1) is 10.1. The summed E-state index contributed by atoms with van der Waals surface area (Å²) in [5, 5.41) is 0. The average Bonchev–Trinajstić information content (AvgIpc) is 2.46. The van der Waals surface area contributed by atoms with E-state index in [1.54, 1.807) is 0 Å². The van der Waals surface area contributed by atoms with Crippen LogP contribution in [0.5, 0.6) is 0 Å². The fourth-order valence-corrected chi connectivity index (χ4v) is 1.85. The van der Waals surface area contributed by atoms with Gasteiger partial charge in [0.25, 0.3) is 0 Å². The highest BCUT2D eigenvalue weighted by Crippen LogP contribution is 2.03. The Bertz CT molecular complexity index is 282. The van der Waals surface area contributed by atoms with Crippen molar-refractivity contribution < 1.29 is 19.1 Å². The zero-order valence-electron chi connectivity index (χ0n) is 13.6. The van der Waals surface area contributed by atoms with Crippen LogP contribution in [-0.4, -0.2) is 31.2 Å². The molecule has 0 saturated carbocycles. The molecule has 0 heterocycles. The molecule has 0 unspecified atom stereocenters. The Morgan fingerprint density at radius 3 is 1.86 bits per heavy atom. The molecule has 0 saturated heterocycles. The second-order valence-electron chi connectivity index (χ2n) is 5.32. The van der Waals surface area contributed by atoms with Crippen LogP contribution < -0.4 is 5.73 Å². The van der Waals surface area contributed by atoms with E-state index in [9.17, 15) is 9.59 Å². The monoisotopic (exact) mass is 317 g/mol. The first-order valence-corrected chi connectivity index (χ1v) is 8.19. The minimum atomic E-state index is -0.917. The van der Waals surface area contributed by atoms with E-state index < -0.39 is 18.0 Å². The molecule has 5 heteroatoms. The van der Waals surface area contributed by atoms with Crippen LogP contribution in [0.1, 0.15) is 79.1 Å². The maximum atomic E-state index is 11.6. The van der Waals surface area contributed by atoms with Gasteiger partial charge in [-0.05, 0) is 12.8 Å². The summed E-state index contributed by atoms with van der Waals surface area (Å²) in [7, 11) is 0. The molecule has 0 aliphatic carbocycles. The van der Waals surface area contributed by atoms with Crippen molar-refractivity contribution in [1.82, 2.24) is 0 Å². The number of hydrogen-bond donors (Lipinski definition) is 1. The second kappa shape index (κ2) is 16.3. The van der Waals surface area contributed by atoms with E-state index in [-0.39, 0.29) is 13.8 Å². The van der Waals surface area contributed by atoms with Crippen LogP contribution in [0.15, 0.2) is 0 Å². The van der Waals surface area contributed by atoms with Crippen molar-refractivity contribution in [2.45, 2.75) is 85.1 Å². The van der Waals surface area contributed by atoms with Gasteiger partial charge in [0.2, 0.25) is 0 Å². The summed E-state index contributed by atoms with van der Waals surface area (Å²) in [6.45, 7) is 5.02. The molecule has 0 spiro atoms. The molecule has 0 rings (SSSR count). The quantitative estimate of drug-likeness (QED) is 0.415.